The van der Waals surface area contributed by atoms with Gasteiger partial charge in [0, 0.05) is 17.7 Å². The molecule has 1 aromatic rings. The Bertz CT molecular complexity index is 401. The van der Waals surface area contributed by atoms with E-state index in [4.69, 9.17) is 9.47 Å². The third-order valence-corrected chi connectivity index (χ3v) is 3.98. The van der Waals surface area contributed by atoms with Crippen LogP contribution in [0.2, 0.25) is 0 Å². The molecule has 1 N–H and O–H groups in total. The molecule has 1 aliphatic rings. The number of hydrogen-bond donors (Lipinski definition) is 1. The quantitative estimate of drug-likeness (QED) is 0.840. The maximum Gasteiger partial charge on any atom is 0.127 e. The molecule has 1 fully saturated rings. The second kappa shape index (κ2) is 5.61. The topological polar surface area (TPSA) is 30.5 Å². The van der Waals surface area contributed by atoms with Crippen LogP contribution in [0.5, 0.6) is 11.5 Å². The molecule has 100 valence electrons. The summed E-state index contributed by atoms with van der Waals surface area (Å²) >= 11 is 0. The Morgan fingerprint density at radius 3 is 2.44 bits per heavy atom. The molecule has 3 heteroatoms. The van der Waals surface area contributed by atoms with Gasteiger partial charge in [0.15, 0.2) is 0 Å². The van der Waals surface area contributed by atoms with Crippen LogP contribution < -0.4 is 14.8 Å². The molecule has 1 aliphatic carbocycles. The standard InChI is InChI=1S/C15H23NO2/c1-10(11-5-6-11)15(16-2)13-8-7-12(17-3)9-14(13)18-4/h7-11,15-16H,5-6H2,1-4H3. The Morgan fingerprint density at radius 1 is 1.22 bits per heavy atom. The number of hydrogen-bond acceptors (Lipinski definition) is 3. The molecule has 1 aromatic carbocycles. The second-order valence-electron chi connectivity index (χ2n) is 5.07. The predicted molar refractivity (Wildman–Crippen MR) is 73.2 cm³/mol. The average molecular weight is 249 g/mol. The first kappa shape index (κ1) is 13.2. The van der Waals surface area contributed by atoms with Crippen molar-refractivity contribution in [2.75, 3.05) is 21.3 Å². The van der Waals surface area contributed by atoms with Crippen molar-refractivity contribution in [3.8, 4) is 11.5 Å². The third-order valence-electron chi connectivity index (χ3n) is 3.98. The first-order valence-corrected chi connectivity index (χ1v) is 6.60. The van der Waals surface area contributed by atoms with Crippen LogP contribution in [0.25, 0.3) is 0 Å². The van der Waals surface area contributed by atoms with Crippen LogP contribution in [0.15, 0.2) is 18.2 Å². The maximum atomic E-state index is 5.50. The van der Waals surface area contributed by atoms with Gasteiger partial charge in [-0.3, -0.25) is 0 Å². The van der Waals surface area contributed by atoms with Gasteiger partial charge in [0.2, 0.25) is 0 Å². The Hall–Kier alpha value is -1.22. The highest BCUT2D eigenvalue weighted by Crippen LogP contribution is 2.44. The minimum atomic E-state index is 0.346. The number of nitrogens with one attached hydrogen (secondary N) is 1. The lowest BCUT2D eigenvalue weighted by molar-refractivity contribution is 0.343. The van der Waals surface area contributed by atoms with Crippen molar-refractivity contribution < 1.29 is 9.47 Å². The van der Waals surface area contributed by atoms with E-state index in [1.807, 2.05) is 19.2 Å². The molecule has 2 rings (SSSR count). The molecular weight excluding hydrogens is 226 g/mol. The Balaban J connectivity index is 2.28. The van der Waals surface area contributed by atoms with Gasteiger partial charge in [0.25, 0.3) is 0 Å². The molecule has 0 spiro atoms. The molecule has 0 aromatic heterocycles. The monoisotopic (exact) mass is 249 g/mol. The van der Waals surface area contributed by atoms with Gasteiger partial charge in [-0.15, -0.1) is 0 Å². The van der Waals surface area contributed by atoms with E-state index in [1.54, 1.807) is 14.2 Å². The number of ether oxygens (including phenoxy) is 2. The predicted octanol–water partition coefficient (Wildman–Crippen LogP) is 3.01. The van der Waals surface area contributed by atoms with Gasteiger partial charge in [0.05, 0.1) is 14.2 Å². The molecule has 0 aliphatic heterocycles. The van der Waals surface area contributed by atoms with Crippen LogP contribution in [0.4, 0.5) is 0 Å². The van der Waals surface area contributed by atoms with Gasteiger partial charge in [-0.05, 0) is 37.8 Å². The van der Waals surface area contributed by atoms with Crippen molar-refractivity contribution in [2.45, 2.75) is 25.8 Å². The Labute approximate surface area is 109 Å². The fourth-order valence-corrected chi connectivity index (χ4v) is 2.67. The maximum absolute atomic E-state index is 5.50. The molecule has 0 amide bonds. The van der Waals surface area contributed by atoms with Crippen LogP contribution in [0.1, 0.15) is 31.4 Å². The number of methoxy groups -OCH3 is 2. The van der Waals surface area contributed by atoms with Gasteiger partial charge in [-0.25, -0.2) is 0 Å². The first-order valence-electron chi connectivity index (χ1n) is 6.60. The highest BCUT2D eigenvalue weighted by atomic mass is 16.5. The van der Waals surface area contributed by atoms with Gasteiger partial charge in [-0.2, -0.15) is 0 Å². The summed E-state index contributed by atoms with van der Waals surface area (Å²) in [5.41, 5.74) is 1.22. The van der Waals surface area contributed by atoms with E-state index in [-0.39, 0.29) is 0 Å². The fraction of sp³-hybridized carbons (Fsp3) is 0.600. The van der Waals surface area contributed by atoms with Crippen molar-refractivity contribution in [1.82, 2.24) is 5.32 Å². The summed E-state index contributed by atoms with van der Waals surface area (Å²) in [7, 11) is 5.41. The highest BCUT2D eigenvalue weighted by Gasteiger charge is 2.34. The SMILES string of the molecule is CNC(c1ccc(OC)cc1OC)C(C)C1CC1. The summed E-state index contributed by atoms with van der Waals surface area (Å²) in [5, 5.41) is 3.43. The van der Waals surface area contributed by atoms with Crippen LogP contribution in [-0.2, 0) is 0 Å². The highest BCUT2D eigenvalue weighted by molar-refractivity contribution is 5.42. The van der Waals surface area contributed by atoms with Gasteiger partial charge < -0.3 is 14.8 Å². The van der Waals surface area contributed by atoms with Crippen molar-refractivity contribution in [2.24, 2.45) is 11.8 Å². The van der Waals surface area contributed by atoms with Crippen molar-refractivity contribution >= 4 is 0 Å². The largest absolute Gasteiger partial charge is 0.497 e. The van der Waals surface area contributed by atoms with E-state index in [0.29, 0.717) is 12.0 Å². The average Bonchev–Trinajstić information content (AvgIpc) is 3.24. The minimum Gasteiger partial charge on any atom is -0.497 e. The van der Waals surface area contributed by atoms with E-state index < -0.39 is 0 Å². The van der Waals surface area contributed by atoms with Crippen LogP contribution in [0, 0.1) is 11.8 Å². The lowest BCUT2D eigenvalue weighted by Crippen LogP contribution is -2.25. The molecular formula is C15H23NO2. The van der Waals surface area contributed by atoms with Gasteiger partial charge in [0.1, 0.15) is 11.5 Å². The first-order chi connectivity index (χ1) is 8.71. The normalized spacial score (nSPS) is 18.2. The molecule has 3 nitrogen and oxygen atoms in total. The van der Waals surface area contributed by atoms with E-state index in [0.717, 1.165) is 17.4 Å². The molecule has 2 atom stereocenters. The van der Waals surface area contributed by atoms with Crippen molar-refractivity contribution in [3.05, 3.63) is 23.8 Å². The molecule has 18 heavy (non-hydrogen) atoms. The van der Waals surface area contributed by atoms with E-state index in [1.165, 1.54) is 18.4 Å². The number of benzene rings is 1. The number of rotatable bonds is 6. The van der Waals surface area contributed by atoms with Gasteiger partial charge >= 0.3 is 0 Å². The van der Waals surface area contributed by atoms with Crippen molar-refractivity contribution in [1.29, 1.82) is 0 Å². The smallest absolute Gasteiger partial charge is 0.127 e. The summed E-state index contributed by atoms with van der Waals surface area (Å²) < 4.78 is 10.7. The molecule has 2 unspecified atom stereocenters. The summed E-state index contributed by atoms with van der Waals surface area (Å²) in [4.78, 5) is 0. The summed E-state index contributed by atoms with van der Waals surface area (Å²) in [6.07, 6.45) is 2.72. The van der Waals surface area contributed by atoms with E-state index in [9.17, 15) is 0 Å². The zero-order valence-corrected chi connectivity index (χ0v) is 11.7. The summed E-state index contributed by atoms with van der Waals surface area (Å²) in [6.45, 7) is 2.32. The minimum absolute atomic E-state index is 0.346. The second-order valence-corrected chi connectivity index (χ2v) is 5.07. The molecule has 0 saturated heterocycles. The summed E-state index contributed by atoms with van der Waals surface area (Å²) in [6, 6.07) is 6.41. The Morgan fingerprint density at radius 2 is 1.94 bits per heavy atom. The lowest BCUT2D eigenvalue weighted by atomic mass is 9.90. The van der Waals surface area contributed by atoms with E-state index >= 15 is 0 Å². The van der Waals surface area contributed by atoms with Crippen LogP contribution in [-0.4, -0.2) is 21.3 Å². The van der Waals surface area contributed by atoms with Crippen LogP contribution >= 0.6 is 0 Å². The van der Waals surface area contributed by atoms with Crippen molar-refractivity contribution in [3.63, 3.8) is 0 Å². The lowest BCUT2D eigenvalue weighted by Gasteiger charge is -2.25. The molecule has 1 saturated carbocycles. The Kier molecular flexibility index (Phi) is 4.12. The van der Waals surface area contributed by atoms with Gasteiger partial charge in [-0.1, -0.05) is 13.0 Å². The van der Waals surface area contributed by atoms with E-state index in [2.05, 4.69) is 18.3 Å². The molecule has 0 heterocycles. The zero-order chi connectivity index (χ0) is 13.1. The third kappa shape index (κ3) is 2.61. The molecule has 0 bridgehead atoms. The molecule has 0 radical (unpaired) electrons. The zero-order valence-electron chi connectivity index (χ0n) is 11.7. The summed E-state index contributed by atoms with van der Waals surface area (Å²) in [5.74, 6) is 3.23. The van der Waals surface area contributed by atoms with Crippen LogP contribution in [0.3, 0.4) is 0 Å². The fourth-order valence-electron chi connectivity index (χ4n) is 2.67.